The SMILES string of the molecule is CC[Si](/C=C/[C@H]1O[C@H](COC(C)=O)C=C[C@H]1O)(CC)CC. The molecule has 1 N–H and O–H groups in total. The van der Waals surface area contributed by atoms with Gasteiger partial charge in [0.1, 0.15) is 24.9 Å². The first-order valence-electron chi connectivity index (χ1n) is 7.81. The largest absolute Gasteiger partial charge is 0.463 e. The van der Waals surface area contributed by atoms with Crippen LogP contribution < -0.4 is 0 Å². The summed E-state index contributed by atoms with van der Waals surface area (Å²) in [6.45, 7) is 8.30. The molecule has 0 saturated heterocycles. The Labute approximate surface area is 128 Å². The van der Waals surface area contributed by atoms with Gasteiger partial charge in [-0.15, -0.1) is 0 Å². The molecule has 1 heterocycles. The predicted octanol–water partition coefficient (Wildman–Crippen LogP) is 2.84. The smallest absolute Gasteiger partial charge is 0.302 e. The van der Waals surface area contributed by atoms with Gasteiger partial charge in [0.05, 0.1) is 8.07 Å². The standard InChI is InChI=1S/C16H28O4Si/c1-5-21(6-2,7-3)11-10-16-15(18)9-8-14(20-16)12-19-13(4)17/h8-11,14-16,18H,5-7,12H2,1-4H3/b11-10+/t14-,15+,16+/m0/s1. The average Bonchev–Trinajstić information content (AvgIpc) is 2.49. The summed E-state index contributed by atoms with van der Waals surface area (Å²) in [4.78, 5) is 10.8. The Morgan fingerprint density at radius 2 is 1.90 bits per heavy atom. The molecule has 120 valence electrons. The topological polar surface area (TPSA) is 55.8 Å². The van der Waals surface area contributed by atoms with Crippen LogP contribution in [0, 0.1) is 0 Å². The van der Waals surface area contributed by atoms with E-state index in [1.807, 2.05) is 6.08 Å². The van der Waals surface area contributed by atoms with Gasteiger partial charge in [0.2, 0.25) is 0 Å². The molecule has 0 aromatic carbocycles. The maximum Gasteiger partial charge on any atom is 0.302 e. The maximum absolute atomic E-state index is 10.8. The van der Waals surface area contributed by atoms with Gasteiger partial charge >= 0.3 is 5.97 Å². The highest BCUT2D eigenvalue weighted by Crippen LogP contribution is 2.23. The Hall–Kier alpha value is -0.913. The number of hydrogen-bond donors (Lipinski definition) is 1. The number of esters is 1. The Kier molecular flexibility index (Phi) is 7.35. The summed E-state index contributed by atoms with van der Waals surface area (Å²) in [5.41, 5.74) is 2.31. The van der Waals surface area contributed by atoms with Crippen molar-refractivity contribution in [2.24, 2.45) is 0 Å². The van der Waals surface area contributed by atoms with Crippen molar-refractivity contribution in [3.8, 4) is 0 Å². The molecule has 0 amide bonds. The minimum atomic E-state index is -1.37. The molecule has 5 heteroatoms. The van der Waals surface area contributed by atoms with Gasteiger partial charge in [-0.1, -0.05) is 62.8 Å². The number of carbonyl (C=O) groups excluding carboxylic acids is 1. The molecule has 1 rings (SSSR count). The summed E-state index contributed by atoms with van der Waals surface area (Å²) in [7, 11) is -1.37. The highest BCUT2D eigenvalue weighted by atomic mass is 28.3. The lowest BCUT2D eigenvalue weighted by Crippen LogP contribution is -2.37. The van der Waals surface area contributed by atoms with Crippen molar-refractivity contribution < 1.29 is 19.4 Å². The van der Waals surface area contributed by atoms with E-state index in [1.165, 1.54) is 25.1 Å². The van der Waals surface area contributed by atoms with E-state index in [0.717, 1.165) is 0 Å². The second-order valence-electron chi connectivity index (χ2n) is 5.60. The van der Waals surface area contributed by atoms with Crippen LogP contribution in [0.5, 0.6) is 0 Å². The number of ether oxygens (including phenoxy) is 2. The van der Waals surface area contributed by atoms with Crippen LogP contribution in [0.1, 0.15) is 27.7 Å². The Bertz CT molecular complexity index is 379. The van der Waals surface area contributed by atoms with E-state index in [9.17, 15) is 9.90 Å². The molecule has 4 nitrogen and oxygen atoms in total. The maximum atomic E-state index is 10.8. The van der Waals surface area contributed by atoms with Gasteiger partial charge in [-0.05, 0) is 0 Å². The predicted molar refractivity (Wildman–Crippen MR) is 86.8 cm³/mol. The third-order valence-electron chi connectivity index (χ3n) is 4.39. The highest BCUT2D eigenvalue weighted by molar-refractivity contribution is 6.84. The Morgan fingerprint density at radius 3 is 2.43 bits per heavy atom. The molecule has 0 aromatic rings. The highest BCUT2D eigenvalue weighted by Gasteiger charge is 2.27. The van der Waals surface area contributed by atoms with E-state index in [2.05, 4.69) is 26.5 Å². The number of carbonyl (C=O) groups is 1. The van der Waals surface area contributed by atoms with E-state index in [-0.39, 0.29) is 24.8 Å². The Balaban J connectivity index is 2.69. The molecule has 0 fully saturated rings. The van der Waals surface area contributed by atoms with Gasteiger partial charge in [-0.3, -0.25) is 4.79 Å². The molecule has 0 spiro atoms. The van der Waals surface area contributed by atoms with Crippen LogP contribution in [-0.4, -0.2) is 44.1 Å². The van der Waals surface area contributed by atoms with Crippen LogP contribution in [-0.2, 0) is 14.3 Å². The molecule has 0 unspecified atom stereocenters. The van der Waals surface area contributed by atoms with Gasteiger partial charge in [-0.25, -0.2) is 0 Å². The zero-order chi connectivity index (χ0) is 15.9. The zero-order valence-corrected chi connectivity index (χ0v) is 14.5. The van der Waals surface area contributed by atoms with Gasteiger partial charge in [-0.2, -0.15) is 0 Å². The van der Waals surface area contributed by atoms with Crippen molar-refractivity contribution in [2.45, 2.75) is 64.1 Å². The molecule has 0 bridgehead atoms. The third-order valence-corrected chi connectivity index (χ3v) is 9.52. The second-order valence-corrected chi connectivity index (χ2v) is 10.8. The lowest BCUT2D eigenvalue weighted by molar-refractivity contribution is -0.146. The monoisotopic (exact) mass is 312 g/mol. The van der Waals surface area contributed by atoms with Crippen LogP contribution in [0.15, 0.2) is 23.9 Å². The summed E-state index contributed by atoms with van der Waals surface area (Å²) in [6.07, 6.45) is 4.21. The van der Waals surface area contributed by atoms with Gasteiger partial charge in [0.15, 0.2) is 0 Å². The summed E-state index contributed by atoms with van der Waals surface area (Å²) >= 11 is 0. The fourth-order valence-corrected chi connectivity index (χ4v) is 5.34. The van der Waals surface area contributed by atoms with Crippen molar-refractivity contribution in [1.82, 2.24) is 0 Å². The van der Waals surface area contributed by atoms with Crippen LogP contribution in [0.3, 0.4) is 0 Å². The van der Waals surface area contributed by atoms with Crippen molar-refractivity contribution in [2.75, 3.05) is 6.61 Å². The number of aliphatic hydroxyl groups is 1. The lowest BCUT2D eigenvalue weighted by atomic mass is 10.1. The normalized spacial score (nSPS) is 26.2. The first kappa shape index (κ1) is 18.1. The van der Waals surface area contributed by atoms with Gasteiger partial charge in [0.25, 0.3) is 0 Å². The molecule has 3 atom stereocenters. The zero-order valence-electron chi connectivity index (χ0n) is 13.5. The summed E-state index contributed by atoms with van der Waals surface area (Å²) in [5, 5.41) is 10.0. The van der Waals surface area contributed by atoms with Crippen molar-refractivity contribution in [3.63, 3.8) is 0 Å². The second kappa shape index (κ2) is 8.51. The Morgan fingerprint density at radius 1 is 1.29 bits per heavy atom. The van der Waals surface area contributed by atoms with Crippen LogP contribution in [0.4, 0.5) is 0 Å². The third kappa shape index (κ3) is 5.41. The van der Waals surface area contributed by atoms with Crippen LogP contribution in [0.25, 0.3) is 0 Å². The van der Waals surface area contributed by atoms with E-state index in [4.69, 9.17) is 9.47 Å². The summed E-state index contributed by atoms with van der Waals surface area (Å²) in [5.74, 6) is -0.320. The average molecular weight is 312 g/mol. The van der Waals surface area contributed by atoms with Crippen LogP contribution >= 0.6 is 0 Å². The summed E-state index contributed by atoms with van der Waals surface area (Å²) in [6, 6.07) is 3.60. The molecule has 0 saturated carbocycles. The van der Waals surface area contributed by atoms with E-state index in [1.54, 1.807) is 12.2 Å². The molecule has 0 aliphatic carbocycles. The van der Waals surface area contributed by atoms with Crippen LogP contribution in [0.2, 0.25) is 18.1 Å². The molecule has 1 aliphatic rings. The van der Waals surface area contributed by atoms with E-state index < -0.39 is 14.2 Å². The molecular formula is C16H28O4Si. The first-order chi connectivity index (χ1) is 9.96. The van der Waals surface area contributed by atoms with Crippen molar-refractivity contribution in [3.05, 3.63) is 23.9 Å². The minimum Gasteiger partial charge on any atom is -0.463 e. The molecular weight excluding hydrogens is 284 g/mol. The summed E-state index contributed by atoms with van der Waals surface area (Å²) < 4.78 is 10.8. The minimum absolute atomic E-state index is 0.195. The molecule has 0 radical (unpaired) electrons. The molecule has 21 heavy (non-hydrogen) atoms. The number of hydrogen-bond acceptors (Lipinski definition) is 4. The van der Waals surface area contributed by atoms with Crippen molar-refractivity contribution >= 4 is 14.0 Å². The number of aliphatic hydroxyl groups excluding tert-OH is 1. The fourth-order valence-electron chi connectivity index (χ4n) is 2.53. The quantitative estimate of drug-likeness (QED) is 0.446. The first-order valence-corrected chi connectivity index (χ1v) is 10.5. The van der Waals surface area contributed by atoms with Gasteiger partial charge < -0.3 is 14.6 Å². The van der Waals surface area contributed by atoms with Gasteiger partial charge in [0, 0.05) is 6.92 Å². The number of rotatable bonds is 7. The molecule has 1 aliphatic heterocycles. The van der Waals surface area contributed by atoms with E-state index >= 15 is 0 Å². The lowest BCUT2D eigenvalue weighted by Gasteiger charge is -2.29. The van der Waals surface area contributed by atoms with Crippen molar-refractivity contribution in [1.29, 1.82) is 0 Å². The fraction of sp³-hybridized carbons (Fsp3) is 0.688. The molecule has 0 aromatic heterocycles. The van der Waals surface area contributed by atoms with E-state index in [0.29, 0.717) is 0 Å².